The number of rotatable bonds is 7. The molecule has 9 nitrogen and oxygen atoms in total. The fourth-order valence-electron chi connectivity index (χ4n) is 3.95. The maximum absolute atomic E-state index is 13.2. The topological polar surface area (TPSA) is 119 Å². The highest BCUT2D eigenvalue weighted by atomic mass is 35.5. The summed E-state index contributed by atoms with van der Waals surface area (Å²) in [4.78, 5) is 37.5. The summed E-state index contributed by atoms with van der Waals surface area (Å²) in [6.45, 7) is 3.06. The lowest BCUT2D eigenvalue weighted by Crippen LogP contribution is -2.35. The zero-order valence-corrected chi connectivity index (χ0v) is 20.2. The molecule has 1 aliphatic heterocycles. The number of aryl methyl sites for hydroxylation is 1. The Bertz CT molecular complexity index is 1420. The van der Waals surface area contributed by atoms with Crippen LogP contribution in [-0.4, -0.2) is 40.2 Å². The number of carbonyl (C=O) groups excluding carboxylic acids is 2. The van der Waals surface area contributed by atoms with Gasteiger partial charge in [0.2, 0.25) is 0 Å². The van der Waals surface area contributed by atoms with E-state index in [4.69, 9.17) is 16.7 Å². The van der Waals surface area contributed by atoms with E-state index in [-0.39, 0.29) is 12.5 Å². The minimum absolute atomic E-state index is 0.0734. The lowest BCUT2D eigenvalue weighted by molar-refractivity contribution is 0.103. The van der Waals surface area contributed by atoms with Crippen molar-refractivity contribution >= 4 is 68.0 Å². The van der Waals surface area contributed by atoms with Crippen molar-refractivity contribution < 1.29 is 14.7 Å². The third kappa shape index (κ3) is 4.32. The Morgan fingerprint density at radius 2 is 2.00 bits per heavy atom. The van der Waals surface area contributed by atoms with Crippen molar-refractivity contribution in [2.45, 2.75) is 13.5 Å². The molecule has 2 aromatic carbocycles. The van der Waals surface area contributed by atoms with Gasteiger partial charge in [0.1, 0.15) is 16.0 Å². The maximum Gasteiger partial charge on any atom is 0.332 e. The summed E-state index contributed by atoms with van der Waals surface area (Å²) in [6.07, 6.45) is 1.38. The molecular weight excluding hydrogens is 488 g/mol. The van der Waals surface area contributed by atoms with E-state index < -0.39 is 6.03 Å². The van der Waals surface area contributed by atoms with Crippen LogP contribution in [0.4, 0.5) is 27.7 Å². The van der Waals surface area contributed by atoms with E-state index in [1.54, 1.807) is 18.2 Å². The summed E-state index contributed by atoms with van der Waals surface area (Å²) in [6, 6.07) is 12.3. The van der Waals surface area contributed by atoms with Crippen LogP contribution in [0.3, 0.4) is 0 Å². The molecule has 1 aliphatic rings. The number of nitrogens with one attached hydrogen (secondary N) is 3. The second-order valence-corrected chi connectivity index (χ2v) is 9.31. The van der Waals surface area contributed by atoms with Gasteiger partial charge in [-0.05, 0) is 36.2 Å². The average Bonchev–Trinajstić information content (AvgIpc) is 3.21. The number of aliphatic hydroxyl groups excluding tert-OH is 1. The van der Waals surface area contributed by atoms with E-state index in [1.807, 2.05) is 31.2 Å². The van der Waals surface area contributed by atoms with Crippen LogP contribution in [0.1, 0.15) is 20.8 Å². The number of urea groups is 1. The van der Waals surface area contributed by atoms with Gasteiger partial charge in [-0.25, -0.2) is 19.7 Å². The lowest BCUT2D eigenvalue weighted by Gasteiger charge is -2.28. The standard InChI is InChI=1S/C24H21ClN6O3S/c1-13-3-2-4-16(25)19(13)31-21-17-18(30-24(31)34)20(35-23(17)28-12-27-21)22(33)29-15-7-5-14(6-8-15)11-26-9-10-32/h2-8,12,26,32H,9-11H2,1H3,(H,29,33)(H,30,34). The minimum Gasteiger partial charge on any atom is -0.395 e. The number of benzene rings is 2. The van der Waals surface area contributed by atoms with E-state index in [9.17, 15) is 9.59 Å². The first kappa shape index (κ1) is 23.2. The van der Waals surface area contributed by atoms with Gasteiger partial charge in [-0.3, -0.25) is 4.79 Å². The van der Waals surface area contributed by atoms with E-state index in [0.29, 0.717) is 56.1 Å². The number of aliphatic hydroxyl groups is 1. The third-order valence-electron chi connectivity index (χ3n) is 5.56. The van der Waals surface area contributed by atoms with E-state index >= 15 is 0 Å². The summed E-state index contributed by atoms with van der Waals surface area (Å²) in [5.74, 6) is 0.0164. The Kier molecular flexibility index (Phi) is 6.35. The number of halogens is 1. The number of para-hydroxylation sites is 1. The molecule has 35 heavy (non-hydrogen) atoms. The van der Waals surface area contributed by atoms with Crippen LogP contribution in [0.2, 0.25) is 5.02 Å². The molecule has 5 rings (SSSR count). The Morgan fingerprint density at radius 1 is 1.20 bits per heavy atom. The molecule has 0 bridgehead atoms. The van der Waals surface area contributed by atoms with Crippen LogP contribution in [0.25, 0.3) is 10.2 Å². The number of anilines is 4. The second kappa shape index (κ2) is 9.59. The highest BCUT2D eigenvalue weighted by molar-refractivity contribution is 7.21. The molecule has 0 unspecified atom stereocenters. The van der Waals surface area contributed by atoms with E-state index in [1.165, 1.54) is 22.6 Å². The van der Waals surface area contributed by atoms with Gasteiger partial charge in [0.25, 0.3) is 5.91 Å². The minimum atomic E-state index is -0.458. The van der Waals surface area contributed by atoms with Gasteiger partial charge in [-0.15, -0.1) is 11.3 Å². The number of carbonyl (C=O) groups is 2. The third-order valence-corrected chi connectivity index (χ3v) is 6.96. The Labute approximate surface area is 209 Å². The van der Waals surface area contributed by atoms with Gasteiger partial charge < -0.3 is 21.1 Å². The van der Waals surface area contributed by atoms with Crippen LogP contribution < -0.4 is 20.9 Å². The van der Waals surface area contributed by atoms with Gasteiger partial charge in [-0.1, -0.05) is 35.9 Å². The largest absolute Gasteiger partial charge is 0.395 e. The first-order valence-electron chi connectivity index (χ1n) is 10.8. The van der Waals surface area contributed by atoms with Crippen molar-refractivity contribution in [3.8, 4) is 0 Å². The van der Waals surface area contributed by atoms with E-state index in [0.717, 1.165) is 11.1 Å². The predicted octanol–water partition coefficient (Wildman–Crippen LogP) is 4.67. The van der Waals surface area contributed by atoms with Gasteiger partial charge in [0, 0.05) is 18.8 Å². The number of hydrogen-bond donors (Lipinski definition) is 4. The highest BCUT2D eigenvalue weighted by Gasteiger charge is 2.35. The summed E-state index contributed by atoms with van der Waals surface area (Å²) < 4.78 is 0. The first-order chi connectivity index (χ1) is 17.0. The second-order valence-electron chi connectivity index (χ2n) is 7.91. The molecular formula is C24H21ClN6O3S. The molecule has 4 N–H and O–H groups in total. The van der Waals surface area contributed by atoms with Crippen LogP contribution in [0.15, 0.2) is 48.8 Å². The molecule has 11 heteroatoms. The van der Waals surface area contributed by atoms with Crippen LogP contribution in [-0.2, 0) is 6.54 Å². The van der Waals surface area contributed by atoms with Crippen LogP contribution >= 0.6 is 22.9 Å². The molecule has 0 saturated heterocycles. The van der Waals surface area contributed by atoms with Crippen molar-refractivity contribution in [3.05, 3.63) is 69.8 Å². The zero-order chi connectivity index (χ0) is 24.5. The van der Waals surface area contributed by atoms with Gasteiger partial charge in [-0.2, -0.15) is 0 Å². The number of aromatic nitrogens is 2. The molecule has 3 heterocycles. The van der Waals surface area contributed by atoms with Crippen molar-refractivity contribution in [2.24, 2.45) is 0 Å². The number of thiophene rings is 1. The highest BCUT2D eigenvalue weighted by Crippen LogP contribution is 2.46. The molecule has 0 spiro atoms. The predicted molar refractivity (Wildman–Crippen MR) is 138 cm³/mol. The molecule has 2 aromatic heterocycles. The maximum atomic E-state index is 13.2. The Morgan fingerprint density at radius 3 is 2.74 bits per heavy atom. The summed E-state index contributed by atoms with van der Waals surface area (Å²) in [5.41, 5.74) is 3.37. The van der Waals surface area contributed by atoms with Crippen LogP contribution in [0, 0.1) is 6.92 Å². The van der Waals surface area contributed by atoms with Gasteiger partial charge in [0.05, 0.1) is 28.4 Å². The average molecular weight is 509 g/mol. The molecule has 0 aliphatic carbocycles. The molecule has 0 radical (unpaired) electrons. The fraction of sp³-hybridized carbons (Fsp3) is 0.167. The van der Waals surface area contributed by atoms with Gasteiger partial charge >= 0.3 is 6.03 Å². The normalized spacial score (nSPS) is 12.7. The summed E-state index contributed by atoms with van der Waals surface area (Å²) in [5, 5.41) is 18.7. The van der Waals surface area contributed by atoms with E-state index in [2.05, 4.69) is 25.9 Å². The Balaban J connectivity index is 1.47. The summed E-state index contributed by atoms with van der Waals surface area (Å²) >= 11 is 7.62. The van der Waals surface area contributed by atoms with Crippen molar-refractivity contribution in [1.29, 1.82) is 0 Å². The lowest BCUT2D eigenvalue weighted by atomic mass is 10.1. The monoisotopic (exact) mass is 508 g/mol. The van der Waals surface area contributed by atoms with Gasteiger partial charge in [0.15, 0.2) is 5.82 Å². The molecule has 0 fully saturated rings. The molecule has 0 atom stereocenters. The zero-order valence-electron chi connectivity index (χ0n) is 18.6. The van der Waals surface area contributed by atoms with Crippen molar-refractivity contribution in [1.82, 2.24) is 15.3 Å². The van der Waals surface area contributed by atoms with Crippen molar-refractivity contribution in [2.75, 3.05) is 28.7 Å². The smallest absolute Gasteiger partial charge is 0.332 e. The van der Waals surface area contributed by atoms with Crippen molar-refractivity contribution in [3.63, 3.8) is 0 Å². The SMILES string of the molecule is Cc1cccc(Cl)c1N1C(=O)Nc2c(C(=O)Nc3ccc(CNCCO)cc3)sc3ncnc1c23. The van der Waals surface area contributed by atoms with Crippen LogP contribution in [0.5, 0.6) is 0 Å². The fourth-order valence-corrected chi connectivity index (χ4v) is 5.24. The Hall–Kier alpha value is -3.57. The molecule has 178 valence electrons. The quantitative estimate of drug-likeness (QED) is 0.269. The molecule has 3 amide bonds. The molecule has 0 saturated carbocycles. The summed E-state index contributed by atoms with van der Waals surface area (Å²) in [7, 11) is 0. The number of nitrogens with zero attached hydrogens (tertiary/aromatic N) is 3. The first-order valence-corrected chi connectivity index (χ1v) is 12.0. The number of amides is 3. The number of hydrogen-bond acceptors (Lipinski definition) is 7. The molecule has 4 aromatic rings.